The summed E-state index contributed by atoms with van der Waals surface area (Å²) in [5.41, 5.74) is 4.35. The molecular weight excluding hydrogens is 158 g/mol. The maximum absolute atomic E-state index is 3.47. The van der Waals surface area contributed by atoms with Crippen LogP contribution in [0.2, 0.25) is 0 Å². The van der Waals surface area contributed by atoms with E-state index < -0.39 is 0 Å². The standard InChI is InChI=1S/C12H17N/c1-3-10-7-8-13-11-6-4-5-9(2)12(10)11/h4-6,10,13H,3,7-8H2,1-2H3. The molecule has 1 aliphatic heterocycles. The number of rotatable bonds is 1. The summed E-state index contributed by atoms with van der Waals surface area (Å²) in [6.07, 6.45) is 2.55. The second-order valence-corrected chi connectivity index (χ2v) is 3.86. The molecule has 1 heterocycles. The average Bonchev–Trinajstić information content (AvgIpc) is 2.17. The number of benzene rings is 1. The molecule has 1 N–H and O–H groups in total. The minimum atomic E-state index is 0.775. The Hall–Kier alpha value is -0.980. The minimum Gasteiger partial charge on any atom is -0.385 e. The highest BCUT2D eigenvalue weighted by atomic mass is 14.9. The van der Waals surface area contributed by atoms with Gasteiger partial charge < -0.3 is 5.32 Å². The van der Waals surface area contributed by atoms with E-state index in [-0.39, 0.29) is 0 Å². The lowest BCUT2D eigenvalue weighted by atomic mass is 9.86. The van der Waals surface area contributed by atoms with E-state index in [0.29, 0.717) is 0 Å². The van der Waals surface area contributed by atoms with E-state index in [1.165, 1.54) is 24.1 Å². The molecular formula is C12H17N. The molecule has 0 fully saturated rings. The molecule has 1 unspecified atom stereocenters. The zero-order valence-electron chi connectivity index (χ0n) is 8.43. The Bertz CT molecular complexity index is 304. The van der Waals surface area contributed by atoms with Crippen molar-refractivity contribution in [3.63, 3.8) is 0 Å². The van der Waals surface area contributed by atoms with Gasteiger partial charge in [0.25, 0.3) is 0 Å². The Labute approximate surface area is 80.2 Å². The van der Waals surface area contributed by atoms with Gasteiger partial charge in [0.05, 0.1) is 0 Å². The van der Waals surface area contributed by atoms with Crippen LogP contribution >= 0.6 is 0 Å². The van der Waals surface area contributed by atoms with Gasteiger partial charge in [-0.05, 0) is 42.9 Å². The summed E-state index contributed by atoms with van der Waals surface area (Å²) in [5.74, 6) is 0.775. The number of aryl methyl sites for hydroxylation is 1. The number of hydrogen-bond donors (Lipinski definition) is 1. The predicted molar refractivity (Wildman–Crippen MR) is 57.3 cm³/mol. The first-order chi connectivity index (χ1) is 6.33. The van der Waals surface area contributed by atoms with Gasteiger partial charge in [-0.25, -0.2) is 0 Å². The van der Waals surface area contributed by atoms with Crippen LogP contribution in [0.4, 0.5) is 5.69 Å². The fraction of sp³-hybridized carbons (Fsp3) is 0.500. The van der Waals surface area contributed by atoms with Crippen LogP contribution in [0.1, 0.15) is 36.8 Å². The summed E-state index contributed by atoms with van der Waals surface area (Å²) in [4.78, 5) is 0. The monoisotopic (exact) mass is 175 g/mol. The SMILES string of the molecule is CCC1CCNc2cccc(C)c21. The molecule has 1 nitrogen and oxygen atoms in total. The molecule has 0 radical (unpaired) electrons. The zero-order chi connectivity index (χ0) is 9.26. The molecule has 1 heteroatoms. The normalized spacial score (nSPS) is 20.6. The van der Waals surface area contributed by atoms with Crippen molar-refractivity contribution in [3.8, 4) is 0 Å². The van der Waals surface area contributed by atoms with E-state index in [1.54, 1.807) is 5.56 Å². The van der Waals surface area contributed by atoms with Crippen molar-refractivity contribution in [2.45, 2.75) is 32.6 Å². The van der Waals surface area contributed by atoms with Crippen molar-refractivity contribution in [2.24, 2.45) is 0 Å². The summed E-state index contributed by atoms with van der Waals surface area (Å²) in [7, 11) is 0. The largest absolute Gasteiger partial charge is 0.385 e. The molecule has 0 saturated heterocycles. The van der Waals surface area contributed by atoms with Gasteiger partial charge in [0.15, 0.2) is 0 Å². The van der Waals surface area contributed by atoms with E-state index in [0.717, 1.165) is 12.5 Å². The van der Waals surface area contributed by atoms with Crippen molar-refractivity contribution in [3.05, 3.63) is 29.3 Å². The van der Waals surface area contributed by atoms with Crippen LogP contribution < -0.4 is 5.32 Å². The van der Waals surface area contributed by atoms with E-state index in [9.17, 15) is 0 Å². The van der Waals surface area contributed by atoms with Crippen LogP contribution in [0.15, 0.2) is 18.2 Å². The maximum Gasteiger partial charge on any atom is 0.0378 e. The summed E-state index contributed by atoms with van der Waals surface area (Å²) in [5, 5.41) is 3.47. The summed E-state index contributed by atoms with van der Waals surface area (Å²) in [6, 6.07) is 6.55. The van der Waals surface area contributed by atoms with Crippen molar-refractivity contribution < 1.29 is 0 Å². The van der Waals surface area contributed by atoms with Gasteiger partial charge in [-0.2, -0.15) is 0 Å². The topological polar surface area (TPSA) is 12.0 Å². The fourth-order valence-electron chi connectivity index (χ4n) is 2.31. The molecule has 13 heavy (non-hydrogen) atoms. The molecule has 1 aromatic rings. The first-order valence-electron chi connectivity index (χ1n) is 5.16. The lowest BCUT2D eigenvalue weighted by molar-refractivity contribution is 0.605. The van der Waals surface area contributed by atoms with Crippen molar-refractivity contribution in [1.29, 1.82) is 0 Å². The van der Waals surface area contributed by atoms with Crippen LogP contribution in [0.3, 0.4) is 0 Å². The van der Waals surface area contributed by atoms with E-state index in [2.05, 4.69) is 37.4 Å². The van der Waals surface area contributed by atoms with Gasteiger partial charge in [0.1, 0.15) is 0 Å². The molecule has 70 valence electrons. The van der Waals surface area contributed by atoms with Crippen LogP contribution in [-0.4, -0.2) is 6.54 Å². The molecule has 1 atom stereocenters. The van der Waals surface area contributed by atoms with Crippen molar-refractivity contribution in [2.75, 3.05) is 11.9 Å². The average molecular weight is 175 g/mol. The minimum absolute atomic E-state index is 0.775. The van der Waals surface area contributed by atoms with Crippen LogP contribution in [-0.2, 0) is 0 Å². The highest BCUT2D eigenvalue weighted by Gasteiger charge is 2.19. The summed E-state index contributed by atoms with van der Waals surface area (Å²) < 4.78 is 0. The van der Waals surface area contributed by atoms with Gasteiger partial charge >= 0.3 is 0 Å². The molecule has 0 aliphatic carbocycles. The third-order valence-electron chi connectivity index (χ3n) is 3.03. The fourth-order valence-corrected chi connectivity index (χ4v) is 2.31. The first kappa shape index (κ1) is 8.61. The number of fused-ring (bicyclic) bond motifs is 1. The summed E-state index contributed by atoms with van der Waals surface area (Å²) in [6.45, 7) is 5.63. The predicted octanol–water partition coefficient (Wildman–Crippen LogP) is 3.30. The van der Waals surface area contributed by atoms with Crippen molar-refractivity contribution in [1.82, 2.24) is 0 Å². The Kier molecular flexibility index (Phi) is 2.26. The van der Waals surface area contributed by atoms with Gasteiger partial charge in [-0.3, -0.25) is 0 Å². The number of nitrogens with one attached hydrogen (secondary N) is 1. The Morgan fingerprint density at radius 1 is 1.46 bits per heavy atom. The van der Waals surface area contributed by atoms with Crippen LogP contribution in [0, 0.1) is 6.92 Å². The lowest BCUT2D eigenvalue weighted by Gasteiger charge is -2.27. The first-order valence-corrected chi connectivity index (χ1v) is 5.16. The smallest absolute Gasteiger partial charge is 0.0378 e. The summed E-state index contributed by atoms with van der Waals surface area (Å²) >= 11 is 0. The highest BCUT2D eigenvalue weighted by molar-refractivity contribution is 5.57. The molecule has 0 aromatic heterocycles. The second-order valence-electron chi connectivity index (χ2n) is 3.86. The van der Waals surface area contributed by atoms with E-state index in [1.807, 2.05) is 0 Å². The molecule has 2 rings (SSSR count). The Balaban J connectivity index is 2.47. The van der Waals surface area contributed by atoms with E-state index >= 15 is 0 Å². The quantitative estimate of drug-likeness (QED) is 0.690. The van der Waals surface area contributed by atoms with Crippen molar-refractivity contribution >= 4 is 5.69 Å². The third-order valence-corrected chi connectivity index (χ3v) is 3.03. The number of anilines is 1. The zero-order valence-corrected chi connectivity index (χ0v) is 8.43. The third kappa shape index (κ3) is 1.43. The van der Waals surface area contributed by atoms with Crippen LogP contribution in [0.25, 0.3) is 0 Å². The Morgan fingerprint density at radius 3 is 3.08 bits per heavy atom. The maximum atomic E-state index is 3.47. The van der Waals surface area contributed by atoms with Gasteiger partial charge in [0.2, 0.25) is 0 Å². The van der Waals surface area contributed by atoms with Gasteiger partial charge in [0, 0.05) is 12.2 Å². The van der Waals surface area contributed by atoms with Crippen LogP contribution in [0.5, 0.6) is 0 Å². The lowest BCUT2D eigenvalue weighted by Crippen LogP contribution is -2.17. The molecule has 0 saturated carbocycles. The molecule has 1 aliphatic rings. The molecule has 0 bridgehead atoms. The molecule has 0 spiro atoms. The second kappa shape index (κ2) is 3.41. The highest BCUT2D eigenvalue weighted by Crippen LogP contribution is 2.35. The van der Waals surface area contributed by atoms with Gasteiger partial charge in [-0.15, -0.1) is 0 Å². The molecule has 0 amide bonds. The Morgan fingerprint density at radius 2 is 2.31 bits per heavy atom. The van der Waals surface area contributed by atoms with Gasteiger partial charge in [-0.1, -0.05) is 19.1 Å². The number of hydrogen-bond acceptors (Lipinski definition) is 1. The van der Waals surface area contributed by atoms with E-state index in [4.69, 9.17) is 0 Å². The molecule has 1 aromatic carbocycles.